The zero-order valence-corrected chi connectivity index (χ0v) is 26.1. The van der Waals surface area contributed by atoms with Gasteiger partial charge in [-0.05, 0) is 66.0 Å². The Morgan fingerprint density at radius 2 is 1.09 bits per heavy atom. The molecule has 17 heteroatoms. The van der Waals surface area contributed by atoms with E-state index in [2.05, 4.69) is 20.5 Å². The van der Waals surface area contributed by atoms with Gasteiger partial charge in [0.25, 0.3) is 30.4 Å². The van der Waals surface area contributed by atoms with Crippen molar-refractivity contribution in [1.82, 2.24) is 0 Å². The van der Waals surface area contributed by atoms with Crippen LogP contribution in [0, 0.1) is 0 Å². The van der Waals surface area contributed by atoms with Crippen LogP contribution < -0.4 is 5.73 Å². The Labute approximate surface area is 267 Å². The highest BCUT2D eigenvalue weighted by Gasteiger charge is 2.18. The third kappa shape index (κ3) is 6.30. The monoisotopic (exact) mass is 691 g/mol. The summed E-state index contributed by atoms with van der Waals surface area (Å²) in [7, 11) is -13.8. The predicted molar refractivity (Wildman–Crippen MR) is 174 cm³/mol. The topological polar surface area (TPSA) is 239 Å². The normalized spacial score (nSPS) is 13.0. The van der Waals surface area contributed by atoms with Crippen molar-refractivity contribution in [2.45, 2.75) is 14.7 Å². The number of nitrogen functional groups attached to an aromatic ring is 1. The summed E-state index contributed by atoms with van der Waals surface area (Å²) in [5.41, 5.74) is 6.93. The van der Waals surface area contributed by atoms with E-state index in [1.807, 2.05) is 0 Å². The minimum atomic E-state index is -4.62. The number of hydrogen-bond donors (Lipinski definition) is 4. The first kappa shape index (κ1) is 31.8. The first-order valence-corrected chi connectivity index (χ1v) is 17.6. The lowest BCUT2D eigenvalue weighted by Gasteiger charge is -2.09. The molecule has 0 heterocycles. The Morgan fingerprint density at radius 1 is 0.489 bits per heavy atom. The van der Waals surface area contributed by atoms with Gasteiger partial charge in [-0.1, -0.05) is 36.4 Å². The molecule has 0 radical (unpaired) electrons. The molecule has 0 atom stereocenters. The highest BCUT2D eigenvalue weighted by atomic mass is 32.2. The molecule has 0 aliphatic heterocycles. The van der Waals surface area contributed by atoms with Gasteiger partial charge < -0.3 is 5.73 Å². The molecule has 0 aromatic heterocycles. The van der Waals surface area contributed by atoms with Gasteiger partial charge in [-0.15, -0.1) is 15.3 Å². The van der Waals surface area contributed by atoms with Gasteiger partial charge in [0.2, 0.25) is 0 Å². The maximum Gasteiger partial charge on any atom is 0.295 e. The fourth-order valence-corrected chi connectivity index (χ4v) is 7.00. The Kier molecular flexibility index (Phi) is 7.83. The average molecular weight is 692 g/mol. The third-order valence-electron chi connectivity index (χ3n) is 7.17. The standard InChI is InChI=1S/C30H21N5O9S3/c31-24-11-12-26(21-4-2-6-29(30(21)24)47(42,43)44)35-34-25-13-14-27(23-16-19(45(36,37)38)9-10-20(23)25)33-32-18-8-7-17-3-1-5-28(22(17)15-18)46(39,40)41/h1-16H,31H2,(H,36,37,38)(H,39,40,41)(H,42,43,44). The van der Waals surface area contributed by atoms with E-state index in [1.54, 1.807) is 24.3 Å². The van der Waals surface area contributed by atoms with Crippen LogP contribution in [-0.2, 0) is 30.4 Å². The maximum atomic E-state index is 12.0. The lowest BCUT2D eigenvalue weighted by atomic mass is 10.1. The Hall–Kier alpha value is -5.17. The number of benzene rings is 6. The van der Waals surface area contributed by atoms with Gasteiger partial charge >= 0.3 is 0 Å². The van der Waals surface area contributed by atoms with E-state index in [0.29, 0.717) is 16.2 Å². The summed E-state index contributed by atoms with van der Waals surface area (Å²) < 4.78 is 101. The number of anilines is 1. The lowest BCUT2D eigenvalue weighted by Crippen LogP contribution is -2.01. The van der Waals surface area contributed by atoms with Gasteiger partial charge in [-0.2, -0.15) is 30.4 Å². The number of hydrogen-bond acceptors (Lipinski definition) is 11. The van der Waals surface area contributed by atoms with Crippen molar-refractivity contribution in [2.75, 3.05) is 5.73 Å². The molecule has 0 amide bonds. The zero-order valence-electron chi connectivity index (χ0n) is 23.6. The number of nitrogens with zero attached hydrogens (tertiary/aromatic N) is 4. The molecule has 238 valence electrons. The minimum absolute atomic E-state index is 0.0576. The molecule has 0 saturated carbocycles. The van der Waals surface area contributed by atoms with E-state index in [-0.39, 0.29) is 49.5 Å². The fraction of sp³-hybridized carbons (Fsp3) is 0. The summed E-state index contributed by atoms with van der Waals surface area (Å²) in [5.74, 6) is 0. The van der Waals surface area contributed by atoms with E-state index in [9.17, 15) is 38.9 Å². The van der Waals surface area contributed by atoms with E-state index in [0.717, 1.165) is 6.07 Å². The predicted octanol–water partition coefficient (Wildman–Crippen LogP) is 7.30. The van der Waals surface area contributed by atoms with Crippen molar-refractivity contribution in [2.24, 2.45) is 20.5 Å². The van der Waals surface area contributed by atoms with Crippen LogP contribution in [0.3, 0.4) is 0 Å². The number of nitrogens with two attached hydrogens (primary N) is 1. The Morgan fingerprint density at radius 3 is 1.77 bits per heavy atom. The van der Waals surface area contributed by atoms with Crippen LogP contribution in [0.2, 0.25) is 0 Å². The van der Waals surface area contributed by atoms with Crippen LogP contribution in [0.15, 0.2) is 132 Å². The molecule has 6 aromatic carbocycles. The summed E-state index contributed by atoms with van der Waals surface area (Å²) in [6.45, 7) is 0. The zero-order chi connectivity index (χ0) is 33.7. The van der Waals surface area contributed by atoms with Gasteiger partial charge in [-0.3, -0.25) is 13.7 Å². The number of azo groups is 2. The van der Waals surface area contributed by atoms with Crippen molar-refractivity contribution in [3.63, 3.8) is 0 Å². The SMILES string of the molecule is Nc1ccc(N=Nc2ccc(N=Nc3ccc4cccc(S(=O)(=O)O)c4c3)c3cc(S(=O)(=O)O)ccc23)c2cccc(S(=O)(=O)O)c12. The summed E-state index contributed by atoms with van der Waals surface area (Å²) in [6, 6.07) is 22.8. The molecule has 14 nitrogen and oxygen atoms in total. The van der Waals surface area contributed by atoms with Crippen molar-refractivity contribution < 1.29 is 38.9 Å². The highest BCUT2D eigenvalue weighted by Crippen LogP contribution is 2.39. The van der Waals surface area contributed by atoms with Gasteiger partial charge in [0.1, 0.15) is 9.79 Å². The molecule has 0 spiro atoms. The summed E-state index contributed by atoms with van der Waals surface area (Å²) >= 11 is 0. The second kappa shape index (κ2) is 11.6. The molecule has 6 aromatic rings. The first-order valence-electron chi connectivity index (χ1n) is 13.3. The smallest absolute Gasteiger partial charge is 0.295 e. The van der Waals surface area contributed by atoms with Crippen LogP contribution in [0.1, 0.15) is 0 Å². The van der Waals surface area contributed by atoms with E-state index in [4.69, 9.17) is 5.73 Å². The molecule has 5 N–H and O–H groups in total. The molecule has 0 bridgehead atoms. The quantitative estimate of drug-likeness (QED) is 0.0739. The number of rotatable bonds is 7. The van der Waals surface area contributed by atoms with Crippen molar-refractivity contribution in [3.8, 4) is 0 Å². The first-order chi connectivity index (χ1) is 22.1. The van der Waals surface area contributed by atoms with Crippen molar-refractivity contribution >= 4 is 91.1 Å². The van der Waals surface area contributed by atoms with Gasteiger partial charge in [-0.25, -0.2) is 0 Å². The molecule has 0 saturated heterocycles. The van der Waals surface area contributed by atoms with Crippen molar-refractivity contribution in [1.29, 1.82) is 0 Å². The van der Waals surface area contributed by atoms with Crippen LogP contribution in [-0.4, -0.2) is 38.9 Å². The molecule has 0 aliphatic carbocycles. The maximum absolute atomic E-state index is 12.0. The van der Waals surface area contributed by atoms with Gasteiger partial charge in [0.15, 0.2) is 0 Å². The van der Waals surface area contributed by atoms with Crippen LogP contribution in [0.4, 0.5) is 28.4 Å². The van der Waals surface area contributed by atoms with E-state index >= 15 is 0 Å². The molecule has 6 rings (SSSR count). The molecule has 0 aliphatic rings. The van der Waals surface area contributed by atoms with E-state index < -0.39 is 40.1 Å². The van der Waals surface area contributed by atoms with Crippen LogP contribution >= 0.6 is 0 Å². The highest BCUT2D eigenvalue weighted by molar-refractivity contribution is 7.86. The van der Waals surface area contributed by atoms with Gasteiger partial charge in [0, 0.05) is 32.6 Å². The average Bonchev–Trinajstić information content (AvgIpc) is 3.01. The van der Waals surface area contributed by atoms with E-state index in [1.165, 1.54) is 66.7 Å². The molecule has 0 fully saturated rings. The van der Waals surface area contributed by atoms with Crippen LogP contribution in [0.25, 0.3) is 32.3 Å². The summed E-state index contributed by atoms with van der Waals surface area (Å²) in [4.78, 5) is -1.14. The third-order valence-corrected chi connectivity index (χ3v) is 9.83. The van der Waals surface area contributed by atoms with Crippen molar-refractivity contribution in [3.05, 3.63) is 97.1 Å². The number of fused-ring (bicyclic) bond motifs is 3. The molecule has 47 heavy (non-hydrogen) atoms. The lowest BCUT2D eigenvalue weighted by molar-refractivity contribution is 0.481. The summed E-state index contributed by atoms with van der Waals surface area (Å²) in [5, 5.41) is 18.6. The fourth-order valence-electron chi connectivity index (χ4n) is 5.06. The Balaban J connectivity index is 1.47. The molecular weight excluding hydrogens is 671 g/mol. The Bertz CT molecular complexity index is 2680. The van der Waals surface area contributed by atoms with Crippen LogP contribution in [0.5, 0.6) is 0 Å². The largest absolute Gasteiger partial charge is 0.398 e. The molecule has 0 unspecified atom stereocenters. The summed E-state index contributed by atoms with van der Waals surface area (Å²) in [6.07, 6.45) is 0. The second-order valence-electron chi connectivity index (χ2n) is 10.2. The molecular formula is C30H21N5O9S3. The van der Waals surface area contributed by atoms with Gasteiger partial charge in [0.05, 0.1) is 27.6 Å². The second-order valence-corrected chi connectivity index (χ2v) is 14.4. The minimum Gasteiger partial charge on any atom is -0.398 e.